The van der Waals surface area contributed by atoms with Gasteiger partial charge in [0.2, 0.25) is 0 Å². The number of hydrogen-bond acceptors (Lipinski definition) is 2. The topological polar surface area (TPSA) is 21.3 Å². The van der Waals surface area contributed by atoms with Crippen molar-refractivity contribution in [3.05, 3.63) is 30.3 Å². The molecule has 1 N–H and O–H groups in total. The van der Waals surface area contributed by atoms with Gasteiger partial charge in [0.1, 0.15) is 11.9 Å². The molecule has 0 saturated heterocycles. The summed E-state index contributed by atoms with van der Waals surface area (Å²) in [6.07, 6.45) is 0.199. The minimum Gasteiger partial charge on any atom is -0.489 e. The highest BCUT2D eigenvalue weighted by Gasteiger charge is 2.10. The first-order valence-electron chi connectivity index (χ1n) is 5.90. The van der Waals surface area contributed by atoms with Gasteiger partial charge < -0.3 is 10.1 Å². The maximum Gasteiger partial charge on any atom is 0.119 e. The maximum absolute atomic E-state index is 5.77. The van der Waals surface area contributed by atoms with Gasteiger partial charge in [0.25, 0.3) is 0 Å². The molecule has 2 heteroatoms. The lowest BCUT2D eigenvalue weighted by molar-refractivity contribution is 0.210. The summed E-state index contributed by atoms with van der Waals surface area (Å²) in [6.45, 7) is 10.7. The van der Waals surface area contributed by atoms with Crippen LogP contribution in [0.2, 0.25) is 0 Å². The van der Waals surface area contributed by atoms with Crippen LogP contribution < -0.4 is 10.1 Å². The van der Waals surface area contributed by atoms with Crippen LogP contribution in [0.3, 0.4) is 0 Å². The predicted octanol–water partition coefficient (Wildman–Crippen LogP) is 3.09. The van der Waals surface area contributed by atoms with E-state index in [2.05, 4.69) is 33.0 Å². The van der Waals surface area contributed by atoms with Crippen molar-refractivity contribution < 1.29 is 4.74 Å². The molecule has 0 saturated carbocycles. The van der Waals surface area contributed by atoms with Crippen LogP contribution in [-0.4, -0.2) is 19.2 Å². The Labute approximate surface area is 99.0 Å². The first-order valence-corrected chi connectivity index (χ1v) is 5.90. The second-order valence-electron chi connectivity index (χ2n) is 5.43. The standard InChI is InChI=1S/C14H23NO/c1-12(10-15-11-14(2,3)4)16-13-8-6-5-7-9-13/h5-9,12,15H,10-11H2,1-4H3. The minimum absolute atomic E-state index is 0.199. The number of ether oxygens (including phenoxy) is 1. The molecule has 0 spiro atoms. The summed E-state index contributed by atoms with van der Waals surface area (Å²) in [6, 6.07) is 9.95. The molecule has 1 aromatic carbocycles. The molecule has 2 nitrogen and oxygen atoms in total. The second kappa shape index (κ2) is 5.90. The Bertz CT molecular complexity index is 289. The van der Waals surface area contributed by atoms with E-state index in [4.69, 9.17) is 4.74 Å². The monoisotopic (exact) mass is 221 g/mol. The number of para-hydroxylation sites is 1. The van der Waals surface area contributed by atoms with E-state index < -0.39 is 0 Å². The Balaban J connectivity index is 2.24. The molecule has 0 aromatic heterocycles. The van der Waals surface area contributed by atoms with Crippen molar-refractivity contribution in [2.24, 2.45) is 5.41 Å². The second-order valence-corrected chi connectivity index (χ2v) is 5.43. The summed E-state index contributed by atoms with van der Waals surface area (Å²) >= 11 is 0. The fourth-order valence-corrected chi connectivity index (χ4v) is 1.42. The third-order valence-corrected chi connectivity index (χ3v) is 2.17. The highest BCUT2D eigenvalue weighted by molar-refractivity contribution is 5.21. The van der Waals surface area contributed by atoms with E-state index in [1.54, 1.807) is 0 Å². The van der Waals surface area contributed by atoms with Crippen molar-refractivity contribution in [1.82, 2.24) is 5.32 Å². The van der Waals surface area contributed by atoms with Gasteiger partial charge in [-0.1, -0.05) is 39.0 Å². The molecule has 0 bridgehead atoms. The summed E-state index contributed by atoms with van der Waals surface area (Å²) in [5, 5.41) is 3.42. The normalized spacial score (nSPS) is 13.5. The molecule has 0 aliphatic carbocycles. The van der Waals surface area contributed by atoms with Gasteiger partial charge in [-0.15, -0.1) is 0 Å². The van der Waals surface area contributed by atoms with Crippen LogP contribution in [0.4, 0.5) is 0 Å². The third-order valence-electron chi connectivity index (χ3n) is 2.17. The molecule has 0 amide bonds. The van der Waals surface area contributed by atoms with Crippen molar-refractivity contribution in [3.8, 4) is 5.75 Å². The Morgan fingerprint density at radius 2 is 1.81 bits per heavy atom. The lowest BCUT2D eigenvalue weighted by atomic mass is 9.97. The molecule has 1 atom stereocenters. The van der Waals surface area contributed by atoms with E-state index in [0.717, 1.165) is 18.8 Å². The SMILES string of the molecule is CC(CNCC(C)(C)C)Oc1ccccc1. The Hall–Kier alpha value is -1.02. The molecule has 0 aliphatic rings. The molecule has 16 heavy (non-hydrogen) atoms. The van der Waals surface area contributed by atoms with Crippen LogP contribution >= 0.6 is 0 Å². The zero-order valence-electron chi connectivity index (χ0n) is 10.8. The highest BCUT2D eigenvalue weighted by Crippen LogP contribution is 2.12. The fraction of sp³-hybridized carbons (Fsp3) is 0.571. The van der Waals surface area contributed by atoms with Crippen LogP contribution in [0, 0.1) is 5.41 Å². The van der Waals surface area contributed by atoms with E-state index in [-0.39, 0.29) is 6.10 Å². The first-order chi connectivity index (χ1) is 7.47. The largest absolute Gasteiger partial charge is 0.489 e. The summed E-state index contributed by atoms with van der Waals surface area (Å²) in [5.41, 5.74) is 0.326. The van der Waals surface area contributed by atoms with Crippen molar-refractivity contribution in [2.75, 3.05) is 13.1 Å². The number of hydrogen-bond donors (Lipinski definition) is 1. The molecule has 1 aromatic rings. The maximum atomic E-state index is 5.77. The van der Waals surface area contributed by atoms with E-state index in [9.17, 15) is 0 Å². The predicted molar refractivity (Wildman–Crippen MR) is 68.9 cm³/mol. The fourth-order valence-electron chi connectivity index (χ4n) is 1.42. The molecule has 0 radical (unpaired) electrons. The molecule has 90 valence electrons. The molecule has 1 unspecified atom stereocenters. The van der Waals surface area contributed by atoms with Crippen LogP contribution in [-0.2, 0) is 0 Å². The van der Waals surface area contributed by atoms with E-state index in [1.807, 2.05) is 30.3 Å². The van der Waals surface area contributed by atoms with Crippen molar-refractivity contribution in [3.63, 3.8) is 0 Å². The lowest BCUT2D eigenvalue weighted by Crippen LogP contribution is -2.34. The van der Waals surface area contributed by atoms with Gasteiger partial charge in [0.05, 0.1) is 0 Å². The van der Waals surface area contributed by atoms with Crippen molar-refractivity contribution in [1.29, 1.82) is 0 Å². The average Bonchev–Trinajstić information content (AvgIpc) is 2.17. The van der Waals surface area contributed by atoms with Gasteiger partial charge in [0, 0.05) is 13.1 Å². The zero-order chi connectivity index (χ0) is 12.0. The molecule has 0 heterocycles. The van der Waals surface area contributed by atoms with Crippen molar-refractivity contribution in [2.45, 2.75) is 33.8 Å². The van der Waals surface area contributed by atoms with Gasteiger partial charge in [-0.25, -0.2) is 0 Å². The van der Waals surface area contributed by atoms with Gasteiger partial charge in [-0.05, 0) is 24.5 Å². The molecular weight excluding hydrogens is 198 g/mol. The van der Waals surface area contributed by atoms with Gasteiger partial charge in [-0.3, -0.25) is 0 Å². The number of benzene rings is 1. The highest BCUT2D eigenvalue weighted by atomic mass is 16.5. The van der Waals surface area contributed by atoms with E-state index in [0.29, 0.717) is 5.41 Å². The summed E-state index contributed by atoms with van der Waals surface area (Å²) in [7, 11) is 0. The number of nitrogens with one attached hydrogen (secondary N) is 1. The van der Waals surface area contributed by atoms with Gasteiger partial charge in [-0.2, -0.15) is 0 Å². The zero-order valence-corrected chi connectivity index (χ0v) is 10.8. The molecular formula is C14H23NO. The van der Waals surface area contributed by atoms with Crippen LogP contribution in [0.15, 0.2) is 30.3 Å². The summed E-state index contributed by atoms with van der Waals surface area (Å²) in [5.74, 6) is 0.938. The van der Waals surface area contributed by atoms with Crippen LogP contribution in [0.5, 0.6) is 5.75 Å². The third kappa shape index (κ3) is 5.76. The smallest absolute Gasteiger partial charge is 0.119 e. The quantitative estimate of drug-likeness (QED) is 0.825. The molecule has 0 fully saturated rings. The average molecular weight is 221 g/mol. The molecule has 1 rings (SSSR count). The van der Waals surface area contributed by atoms with Gasteiger partial charge in [0.15, 0.2) is 0 Å². The van der Waals surface area contributed by atoms with Gasteiger partial charge >= 0.3 is 0 Å². The lowest BCUT2D eigenvalue weighted by Gasteiger charge is -2.21. The van der Waals surface area contributed by atoms with Crippen LogP contribution in [0.25, 0.3) is 0 Å². The Morgan fingerprint density at radius 1 is 1.19 bits per heavy atom. The first kappa shape index (κ1) is 13.0. The Morgan fingerprint density at radius 3 is 2.38 bits per heavy atom. The Kier molecular flexibility index (Phi) is 4.81. The number of rotatable bonds is 5. The van der Waals surface area contributed by atoms with E-state index in [1.165, 1.54) is 0 Å². The molecule has 0 aliphatic heterocycles. The van der Waals surface area contributed by atoms with Crippen molar-refractivity contribution >= 4 is 0 Å². The summed E-state index contributed by atoms with van der Waals surface area (Å²) < 4.78 is 5.77. The summed E-state index contributed by atoms with van der Waals surface area (Å²) in [4.78, 5) is 0. The minimum atomic E-state index is 0.199. The van der Waals surface area contributed by atoms with Crippen LogP contribution in [0.1, 0.15) is 27.7 Å². The van der Waals surface area contributed by atoms with E-state index >= 15 is 0 Å².